The first kappa shape index (κ1) is 15.7. The van der Waals surface area contributed by atoms with E-state index in [4.69, 9.17) is 34.7 Å². The fraction of sp³-hybridized carbons (Fsp3) is 0.200. The molecule has 0 aromatic heterocycles. The van der Waals surface area contributed by atoms with Crippen LogP contribution in [0.15, 0.2) is 24.3 Å². The molecule has 0 heterocycles. The molecule has 0 unspecified atom stereocenters. The number of hydrogen-bond donors (Lipinski definition) is 2. The maximum absolute atomic E-state index is 6.33. The summed E-state index contributed by atoms with van der Waals surface area (Å²) in [4.78, 5) is 0. The van der Waals surface area contributed by atoms with Crippen molar-refractivity contribution in [1.82, 2.24) is 0 Å². The Kier molecular flexibility index (Phi) is 4.72. The average Bonchev–Trinajstić information content (AvgIpc) is 2.35. The normalized spacial score (nSPS) is 10.1. The van der Waals surface area contributed by atoms with Crippen molar-refractivity contribution < 1.29 is 0 Å². The predicted octanol–water partition coefficient (Wildman–Crippen LogP) is 5.08. The lowest BCUT2D eigenvalue weighted by Crippen LogP contribution is -1.95. The number of benzene rings is 2. The first-order valence-electron chi connectivity index (χ1n) is 5.53. The molecule has 0 saturated heterocycles. The van der Waals surface area contributed by atoms with Gasteiger partial charge in [0.15, 0.2) is 0 Å². The average molecular weight is 297 g/mol. The smallest absolute Gasteiger partial charge is 0.0534 e. The van der Waals surface area contributed by atoms with Crippen molar-refractivity contribution in [3.63, 3.8) is 0 Å². The van der Waals surface area contributed by atoms with Crippen LogP contribution in [0.2, 0.25) is 10.0 Å². The van der Waals surface area contributed by atoms with Gasteiger partial charge in [-0.2, -0.15) is 0 Å². The highest BCUT2D eigenvalue weighted by Crippen LogP contribution is 2.39. The molecule has 4 heteroatoms. The number of rotatable bonds is 1. The van der Waals surface area contributed by atoms with Gasteiger partial charge in [-0.15, -0.1) is 0 Å². The van der Waals surface area contributed by atoms with Gasteiger partial charge in [0.2, 0.25) is 0 Å². The highest BCUT2D eigenvalue weighted by atomic mass is 35.5. The van der Waals surface area contributed by atoms with E-state index in [1.807, 2.05) is 38.1 Å². The summed E-state index contributed by atoms with van der Waals surface area (Å²) in [5.41, 5.74) is 16.5. The summed E-state index contributed by atoms with van der Waals surface area (Å²) in [5, 5.41) is 1.25. The van der Waals surface area contributed by atoms with Crippen LogP contribution in [0, 0.1) is 13.8 Å². The largest absolute Gasteiger partial charge is 0.398 e. The summed E-state index contributed by atoms with van der Waals surface area (Å²) in [5.74, 6) is 0. The minimum absolute atomic E-state index is 0. The lowest BCUT2D eigenvalue weighted by molar-refractivity contribution is 1.44. The van der Waals surface area contributed by atoms with Crippen molar-refractivity contribution in [3.8, 4) is 11.1 Å². The Morgan fingerprint density at radius 1 is 0.737 bits per heavy atom. The van der Waals surface area contributed by atoms with Crippen LogP contribution in [-0.2, 0) is 0 Å². The number of halogens is 2. The Hall–Kier alpha value is -1.38. The summed E-state index contributed by atoms with van der Waals surface area (Å²) >= 11 is 12.7. The monoisotopic (exact) mass is 296 g/mol. The molecule has 0 amide bonds. The summed E-state index contributed by atoms with van der Waals surface area (Å²) in [6, 6.07) is 7.42. The van der Waals surface area contributed by atoms with Crippen LogP contribution in [0.25, 0.3) is 11.1 Å². The molecule has 0 aliphatic rings. The zero-order valence-electron chi connectivity index (χ0n) is 10.2. The fourth-order valence-corrected chi connectivity index (χ4v) is 2.36. The zero-order chi connectivity index (χ0) is 13.4. The van der Waals surface area contributed by atoms with Crippen LogP contribution in [0.4, 0.5) is 11.4 Å². The van der Waals surface area contributed by atoms with Gasteiger partial charge < -0.3 is 11.5 Å². The summed E-state index contributed by atoms with van der Waals surface area (Å²) in [6.45, 7) is 3.78. The molecule has 2 aromatic carbocycles. The molecule has 0 aliphatic carbocycles. The van der Waals surface area contributed by atoms with E-state index in [9.17, 15) is 0 Å². The Bertz CT molecular complexity index is 567. The maximum Gasteiger partial charge on any atom is 0.0534 e. The molecule has 0 fully saturated rings. The number of nitrogen functional groups attached to an aromatic ring is 2. The van der Waals surface area contributed by atoms with Crippen LogP contribution >= 0.6 is 23.2 Å². The van der Waals surface area contributed by atoms with Crippen molar-refractivity contribution in [1.29, 1.82) is 0 Å². The molecule has 4 N–H and O–H groups in total. The van der Waals surface area contributed by atoms with E-state index in [1.54, 1.807) is 0 Å². The van der Waals surface area contributed by atoms with E-state index >= 15 is 0 Å². The number of nitrogens with two attached hydrogens (primary N) is 2. The second kappa shape index (κ2) is 5.72. The molecule has 0 aliphatic heterocycles. The summed E-state index contributed by atoms with van der Waals surface area (Å²) in [6.07, 6.45) is 0. The zero-order valence-corrected chi connectivity index (χ0v) is 11.7. The van der Waals surface area contributed by atoms with Crippen molar-refractivity contribution >= 4 is 34.6 Å². The molecule has 0 saturated carbocycles. The van der Waals surface area contributed by atoms with Crippen LogP contribution in [0.5, 0.6) is 0 Å². The standard InChI is InChI=1S/C14H14Cl2N2.CH4/c1-7-11(17)5-3-9(13(7)15)10-4-6-12(18)8(2)14(10)16;/h3-6H,17-18H2,1-2H3;1H4. The highest BCUT2D eigenvalue weighted by Gasteiger charge is 2.13. The molecule has 102 valence electrons. The molecule has 2 rings (SSSR count). The van der Waals surface area contributed by atoms with Crippen LogP contribution in [0.1, 0.15) is 18.6 Å². The Morgan fingerprint density at radius 3 is 1.37 bits per heavy atom. The van der Waals surface area contributed by atoms with Gasteiger partial charge in [-0.25, -0.2) is 0 Å². The SMILES string of the molecule is C.Cc1c(N)ccc(-c2ccc(N)c(C)c2Cl)c1Cl. The van der Waals surface area contributed by atoms with Gasteiger partial charge in [-0.05, 0) is 37.1 Å². The first-order chi connectivity index (χ1) is 8.43. The molecular weight excluding hydrogens is 279 g/mol. The molecule has 0 bridgehead atoms. The summed E-state index contributed by atoms with van der Waals surface area (Å²) < 4.78 is 0. The van der Waals surface area contributed by atoms with Gasteiger partial charge in [-0.1, -0.05) is 42.8 Å². The molecular formula is C15H18Cl2N2. The van der Waals surface area contributed by atoms with Gasteiger partial charge in [0.25, 0.3) is 0 Å². The Labute approximate surface area is 124 Å². The quantitative estimate of drug-likeness (QED) is 0.721. The second-order valence-electron chi connectivity index (χ2n) is 4.28. The highest BCUT2D eigenvalue weighted by molar-refractivity contribution is 6.37. The van der Waals surface area contributed by atoms with Crippen molar-refractivity contribution in [2.24, 2.45) is 0 Å². The van der Waals surface area contributed by atoms with Gasteiger partial charge >= 0.3 is 0 Å². The molecule has 19 heavy (non-hydrogen) atoms. The van der Waals surface area contributed by atoms with Crippen molar-refractivity contribution in [2.75, 3.05) is 11.5 Å². The van der Waals surface area contributed by atoms with E-state index in [0.29, 0.717) is 21.4 Å². The minimum atomic E-state index is 0. The van der Waals surface area contributed by atoms with Crippen LogP contribution in [-0.4, -0.2) is 0 Å². The van der Waals surface area contributed by atoms with E-state index in [0.717, 1.165) is 22.3 Å². The molecule has 2 aromatic rings. The van der Waals surface area contributed by atoms with E-state index in [-0.39, 0.29) is 7.43 Å². The molecule has 2 nitrogen and oxygen atoms in total. The third-order valence-electron chi connectivity index (χ3n) is 3.15. The maximum atomic E-state index is 6.33. The van der Waals surface area contributed by atoms with Gasteiger partial charge in [0.05, 0.1) is 10.0 Å². The first-order valence-corrected chi connectivity index (χ1v) is 6.28. The second-order valence-corrected chi connectivity index (χ2v) is 5.04. The Balaban J connectivity index is 0.00000180. The van der Waals surface area contributed by atoms with E-state index in [1.165, 1.54) is 0 Å². The number of anilines is 2. The fourth-order valence-electron chi connectivity index (χ4n) is 1.82. The molecule has 0 spiro atoms. The van der Waals surface area contributed by atoms with Crippen molar-refractivity contribution in [3.05, 3.63) is 45.4 Å². The van der Waals surface area contributed by atoms with Crippen LogP contribution < -0.4 is 11.5 Å². The van der Waals surface area contributed by atoms with E-state index in [2.05, 4.69) is 0 Å². The topological polar surface area (TPSA) is 52.0 Å². The number of hydrogen-bond acceptors (Lipinski definition) is 2. The third-order valence-corrected chi connectivity index (χ3v) is 4.12. The van der Waals surface area contributed by atoms with Crippen LogP contribution in [0.3, 0.4) is 0 Å². The van der Waals surface area contributed by atoms with Gasteiger partial charge in [0, 0.05) is 22.5 Å². The molecule has 0 radical (unpaired) electrons. The summed E-state index contributed by atoms with van der Waals surface area (Å²) in [7, 11) is 0. The molecule has 0 atom stereocenters. The lowest BCUT2D eigenvalue weighted by atomic mass is 9.99. The minimum Gasteiger partial charge on any atom is -0.398 e. The van der Waals surface area contributed by atoms with Gasteiger partial charge in [0.1, 0.15) is 0 Å². The predicted molar refractivity (Wildman–Crippen MR) is 86.9 cm³/mol. The van der Waals surface area contributed by atoms with Crippen molar-refractivity contribution in [2.45, 2.75) is 21.3 Å². The van der Waals surface area contributed by atoms with E-state index < -0.39 is 0 Å². The lowest BCUT2D eigenvalue weighted by Gasteiger charge is -2.13. The Morgan fingerprint density at radius 2 is 1.05 bits per heavy atom. The third kappa shape index (κ3) is 2.65. The van der Waals surface area contributed by atoms with Gasteiger partial charge in [-0.3, -0.25) is 0 Å².